The second-order valence-corrected chi connectivity index (χ2v) is 10.6. The molecule has 11 heteroatoms. The van der Waals surface area contributed by atoms with Crippen molar-refractivity contribution < 1.29 is 24.0 Å². The number of carbonyl (C=O) groups excluding carboxylic acids is 3. The SMILES string of the molecule is CCC1=NC=C(N(C=O)CCCN2CCC(C(=O)OC)(c3ccccc3)CC2)C(c2ccc([N+](=O)[O-])cc2)C1NC=O. The number of nitrogens with zero attached hydrogens (tertiary/aromatic N) is 4. The lowest BCUT2D eigenvalue weighted by Crippen LogP contribution is -2.48. The number of rotatable bonds is 13. The molecule has 2 heterocycles. The number of amides is 2. The molecule has 2 aliphatic rings. The second kappa shape index (κ2) is 14.0. The van der Waals surface area contributed by atoms with Gasteiger partial charge in [-0.25, -0.2) is 0 Å². The van der Waals surface area contributed by atoms with E-state index in [1.807, 2.05) is 37.3 Å². The van der Waals surface area contributed by atoms with Crippen molar-refractivity contribution >= 4 is 30.2 Å². The van der Waals surface area contributed by atoms with Gasteiger partial charge < -0.3 is 19.9 Å². The molecule has 2 atom stereocenters. The van der Waals surface area contributed by atoms with Gasteiger partial charge in [0, 0.05) is 36.3 Å². The molecule has 0 radical (unpaired) electrons. The third-order valence-corrected chi connectivity index (χ3v) is 8.39. The van der Waals surface area contributed by atoms with Crippen molar-refractivity contribution in [2.45, 2.75) is 50.0 Å². The van der Waals surface area contributed by atoms with Crippen LogP contribution in [0.2, 0.25) is 0 Å². The molecule has 4 rings (SSSR count). The maximum Gasteiger partial charge on any atom is 0.316 e. The van der Waals surface area contributed by atoms with E-state index in [4.69, 9.17) is 4.74 Å². The maximum absolute atomic E-state index is 12.9. The van der Waals surface area contributed by atoms with Crippen LogP contribution in [-0.4, -0.2) is 78.6 Å². The van der Waals surface area contributed by atoms with Crippen LogP contribution in [0.4, 0.5) is 5.69 Å². The number of benzene rings is 2. The molecule has 0 aliphatic carbocycles. The quantitative estimate of drug-likeness (QED) is 0.167. The fraction of sp³-hybridized carbons (Fsp3) is 0.419. The van der Waals surface area contributed by atoms with Crippen molar-refractivity contribution in [1.29, 1.82) is 0 Å². The highest BCUT2D eigenvalue weighted by Crippen LogP contribution is 2.37. The minimum absolute atomic E-state index is 0.0402. The van der Waals surface area contributed by atoms with Crippen molar-refractivity contribution in [2.24, 2.45) is 4.99 Å². The van der Waals surface area contributed by atoms with Gasteiger partial charge in [0.15, 0.2) is 0 Å². The van der Waals surface area contributed by atoms with Crippen LogP contribution < -0.4 is 5.32 Å². The van der Waals surface area contributed by atoms with Gasteiger partial charge in [0.25, 0.3) is 5.69 Å². The molecule has 2 unspecified atom stereocenters. The van der Waals surface area contributed by atoms with E-state index < -0.39 is 22.3 Å². The molecule has 2 aromatic carbocycles. The van der Waals surface area contributed by atoms with Crippen LogP contribution in [0.3, 0.4) is 0 Å². The first-order valence-corrected chi connectivity index (χ1v) is 14.2. The van der Waals surface area contributed by atoms with E-state index in [1.54, 1.807) is 23.2 Å². The lowest BCUT2D eigenvalue weighted by Gasteiger charge is -2.40. The van der Waals surface area contributed by atoms with Gasteiger partial charge in [-0.3, -0.25) is 29.5 Å². The Labute approximate surface area is 245 Å². The maximum atomic E-state index is 12.9. The normalized spacial score (nSPS) is 20.0. The lowest BCUT2D eigenvalue weighted by molar-refractivity contribution is -0.384. The third kappa shape index (κ3) is 6.41. The summed E-state index contributed by atoms with van der Waals surface area (Å²) in [7, 11) is 1.43. The van der Waals surface area contributed by atoms with E-state index in [0.29, 0.717) is 57.4 Å². The van der Waals surface area contributed by atoms with Crippen molar-refractivity contribution in [3.05, 3.63) is 87.7 Å². The minimum Gasteiger partial charge on any atom is -0.468 e. The summed E-state index contributed by atoms with van der Waals surface area (Å²) in [5.74, 6) is -0.664. The molecule has 2 aliphatic heterocycles. The summed E-state index contributed by atoms with van der Waals surface area (Å²) in [6.45, 7) is 4.52. The van der Waals surface area contributed by atoms with E-state index in [1.165, 1.54) is 19.2 Å². The summed E-state index contributed by atoms with van der Waals surface area (Å²) < 4.78 is 5.20. The standard InChI is InChI=1S/C31H37N5O6/c1-3-26-29(33-21-37)28(23-10-12-25(13-11-23)36(40)41)27(20-32-26)35(22-38)17-7-16-34-18-14-31(15-19-34,30(39)42-2)24-8-5-4-6-9-24/h4-6,8-13,20-22,28-29H,3,7,14-19H2,1-2H3,(H,33,37). The first kappa shape index (κ1) is 30.6. The predicted molar refractivity (Wildman–Crippen MR) is 158 cm³/mol. The number of aliphatic imine (C=N–C) groups is 1. The Morgan fingerprint density at radius 3 is 2.43 bits per heavy atom. The van der Waals surface area contributed by atoms with Gasteiger partial charge in [-0.2, -0.15) is 0 Å². The molecule has 1 saturated heterocycles. The van der Waals surface area contributed by atoms with Gasteiger partial charge >= 0.3 is 5.97 Å². The van der Waals surface area contributed by atoms with Crippen LogP contribution in [0.1, 0.15) is 49.7 Å². The van der Waals surface area contributed by atoms with E-state index in [0.717, 1.165) is 29.8 Å². The van der Waals surface area contributed by atoms with Crippen LogP contribution in [0, 0.1) is 10.1 Å². The molecule has 0 saturated carbocycles. The molecule has 2 aromatic rings. The van der Waals surface area contributed by atoms with Crippen molar-refractivity contribution in [3.8, 4) is 0 Å². The number of esters is 1. The smallest absolute Gasteiger partial charge is 0.316 e. The molecule has 1 fully saturated rings. The van der Waals surface area contributed by atoms with Crippen LogP contribution in [0.5, 0.6) is 0 Å². The fourth-order valence-corrected chi connectivity index (χ4v) is 6.10. The van der Waals surface area contributed by atoms with E-state index in [2.05, 4.69) is 15.2 Å². The zero-order valence-corrected chi connectivity index (χ0v) is 24.0. The summed E-state index contributed by atoms with van der Waals surface area (Å²) in [5.41, 5.74) is 2.36. The Balaban J connectivity index is 1.46. The van der Waals surface area contributed by atoms with Gasteiger partial charge in [-0.15, -0.1) is 0 Å². The highest BCUT2D eigenvalue weighted by Gasteiger charge is 2.44. The number of nitro groups is 1. The van der Waals surface area contributed by atoms with Crippen LogP contribution in [0.15, 0.2) is 71.5 Å². The number of non-ortho nitro benzene ring substituents is 1. The summed E-state index contributed by atoms with van der Waals surface area (Å²) in [6.07, 6.45) is 5.59. The van der Waals surface area contributed by atoms with E-state index >= 15 is 0 Å². The minimum atomic E-state index is -0.665. The number of piperidine rings is 1. The molecule has 42 heavy (non-hydrogen) atoms. The number of hydrogen-bond donors (Lipinski definition) is 1. The highest BCUT2D eigenvalue weighted by atomic mass is 16.6. The number of ether oxygens (including phenoxy) is 1. The highest BCUT2D eigenvalue weighted by molar-refractivity contribution is 5.93. The van der Waals surface area contributed by atoms with Gasteiger partial charge in [0.2, 0.25) is 12.8 Å². The molecule has 1 N–H and O–H groups in total. The molecule has 0 spiro atoms. The third-order valence-electron chi connectivity index (χ3n) is 8.39. The molecule has 222 valence electrons. The summed E-state index contributed by atoms with van der Waals surface area (Å²) >= 11 is 0. The van der Waals surface area contributed by atoms with E-state index in [-0.39, 0.29) is 11.7 Å². The Morgan fingerprint density at radius 2 is 1.86 bits per heavy atom. The zero-order chi connectivity index (χ0) is 30.1. The largest absolute Gasteiger partial charge is 0.468 e. The molecule has 0 aromatic heterocycles. The molecule has 0 bridgehead atoms. The van der Waals surface area contributed by atoms with Crippen molar-refractivity contribution in [1.82, 2.24) is 15.1 Å². The van der Waals surface area contributed by atoms with Gasteiger partial charge in [-0.1, -0.05) is 49.4 Å². The Bertz CT molecular complexity index is 1320. The van der Waals surface area contributed by atoms with Gasteiger partial charge in [0.05, 0.1) is 29.4 Å². The molecule has 11 nitrogen and oxygen atoms in total. The molecule has 2 amide bonds. The zero-order valence-electron chi connectivity index (χ0n) is 24.0. The fourth-order valence-electron chi connectivity index (χ4n) is 6.10. The number of nitrogens with one attached hydrogen (secondary N) is 1. The van der Waals surface area contributed by atoms with E-state index in [9.17, 15) is 24.5 Å². The average Bonchev–Trinajstić information content (AvgIpc) is 3.03. The number of likely N-dealkylation sites (tertiary alicyclic amines) is 1. The van der Waals surface area contributed by atoms with Crippen LogP contribution in [-0.2, 0) is 24.5 Å². The molecular weight excluding hydrogens is 538 g/mol. The van der Waals surface area contributed by atoms with Gasteiger partial charge in [0.1, 0.15) is 0 Å². The first-order valence-electron chi connectivity index (χ1n) is 14.2. The Morgan fingerprint density at radius 1 is 1.17 bits per heavy atom. The monoisotopic (exact) mass is 575 g/mol. The Hall–Kier alpha value is -4.38. The van der Waals surface area contributed by atoms with Crippen molar-refractivity contribution in [2.75, 3.05) is 33.3 Å². The number of nitro benzene ring substituents is 1. The number of hydrogen-bond acceptors (Lipinski definition) is 8. The number of carbonyl (C=O) groups is 3. The Kier molecular flexibility index (Phi) is 10.2. The lowest BCUT2D eigenvalue weighted by atomic mass is 9.72. The predicted octanol–water partition coefficient (Wildman–Crippen LogP) is 3.55. The number of methoxy groups -OCH3 is 1. The topological polar surface area (TPSA) is 134 Å². The van der Waals surface area contributed by atoms with Crippen LogP contribution in [0.25, 0.3) is 0 Å². The average molecular weight is 576 g/mol. The molecular formula is C31H37N5O6. The van der Waals surface area contributed by atoms with Gasteiger partial charge in [-0.05, 0) is 56.4 Å². The summed E-state index contributed by atoms with van der Waals surface area (Å²) in [5, 5.41) is 14.1. The van der Waals surface area contributed by atoms with Crippen molar-refractivity contribution in [3.63, 3.8) is 0 Å². The first-order chi connectivity index (χ1) is 20.4. The summed E-state index contributed by atoms with van der Waals surface area (Å²) in [4.78, 5) is 56.0. The summed E-state index contributed by atoms with van der Waals surface area (Å²) in [6, 6.07) is 15.4. The van der Waals surface area contributed by atoms with Crippen LogP contribution >= 0.6 is 0 Å². The second-order valence-electron chi connectivity index (χ2n) is 10.6.